The molecule has 0 heteroatoms. The SMILES string of the molecule is CCCC1CCCCCC(CCC)c2ccccc21. The Labute approximate surface area is 119 Å². The second-order valence-corrected chi connectivity index (χ2v) is 6.24. The Hall–Kier alpha value is -0.780. The van der Waals surface area contributed by atoms with E-state index in [1.54, 1.807) is 11.1 Å². The molecule has 0 bridgehead atoms. The Kier molecular flexibility index (Phi) is 5.94. The van der Waals surface area contributed by atoms with Crippen LogP contribution >= 0.6 is 0 Å². The molecule has 106 valence electrons. The van der Waals surface area contributed by atoms with E-state index in [0.717, 1.165) is 11.8 Å². The molecular formula is C19H30. The lowest BCUT2D eigenvalue weighted by Crippen LogP contribution is -2.06. The molecule has 0 N–H and O–H groups in total. The van der Waals surface area contributed by atoms with E-state index in [-0.39, 0.29) is 0 Å². The minimum Gasteiger partial charge on any atom is -0.0654 e. The van der Waals surface area contributed by atoms with E-state index in [1.807, 2.05) is 0 Å². The van der Waals surface area contributed by atoms with E-state index in [1.165, 1.54) is 57.8 Å². The number of benzene rings is 1. The second kappa shape index (κ2) is 7.72. The van der Waals surface area contributed by atoms with Gasteiger partial charge in [0.05, 0.1) is 0 Å². The van der Waals surface area contributed by atoms with Crippen LogP contribution in [0.3, 0.4) is 0 Å². The third-order valence-corrected chi connectivity index (χ3v) is 4.76. The molecule has 0 spiro atoms. The predicted molar refractivity (Wildman–Crippen MR) is 84.8 cm³/mol. The fourth-order valence-corrected chi connectivity index (χ4v) is 3.82. The summed E-state index contributed by atoms with van der Waals surface area (Å²) in [6.45, 7) is 4.66. The Morgan fingerprint density at radius 1 is 0.789 bits per heavy atom. The molecule has 0 aliphatic heterocycles. The lowest BCUT2D eigenvalue weighted by Gasteiger charge is -2.23. The first-order chi connectivity index (χ1) is 9.36. The van der Waals surface area contributed by atoms with Gasteiger partial charge in [-0.15, -0.1) is 0 Å². The number of hydrogen-bond acceptors (Lipinski definition) is 0. The molecule has 1 aromatic carbocycles. The summed E-state index contributed by atoms with van der Waals surface area (Å²) in [5, 5.41) is 0. The van der Waals surface area contributed by atoms with Gasteiger partial charge in [-0.2, -0.15) is 0 Å². The Bertz CT molecular complexity index is 331. The van der Waals surface area contributed by atoms with Crippen LogP contribution in [0.1, 0.15) is 94.6 Å². The molecule has 19 heavy (non-hydrogen) atoms. The van der Waals surface area contributed by atoms with Crippen molar-refractivity contribution in [2.24, 2.45) is 0 Å². The van der Waals surface area contributed by atoms with E-state index in [9.17, 15) is 0 Å². The molecule has 0 heterocycles. The molecule has 0 saturated carbocycles. The van der Waals surface area contributed by atoms with Gasteiger partial charge < -0.3 is 0 Å². The zero-order chi connectivity index (χ0) is 13.5. The molecule has 2 atom stereocenters. The van der Waals surface area contributed by atoms with E-state index < -0.39 is 0 Å². The maximum absolute atomic E-state index is 2.42. The molecule has 0 fully saturated rings. The molecule has 2 unspecified atom stereocenters. The van der Waals surface area contributed by atoms with Crippen molar-refractivity contribution in [3.8, 4) is 0 Å². The van der Waals surface area contributed by atoms with E-state index >= 15 is 0 Å². The Balaban J connectivity index is 2.32. The third kappa shape index (κ3) is 3.84. The van der Waals surface area contributed by atoms with E-state index in [2.05, 4.69) is 38.1 Å². The first kappa shape index (κ1) is 14.6. The van der Waals surface area contributed by atoms with Crippen LogP contribution in [0.25, 0.3) is 0 Å². The fraction of sp³-hybridized carbons (Fsp3) is 0.684. The minimum atomic E-state index is 0.818. The van der Waals surface area contributed by atoms with Gasteiger partial charge in [0.25, 0.3) is 0 Å². The van der Waals surface area contributed by atoms with E-state index in [4.69, 9.17) is 0 Å². The number of rotatable bonds is 4. The van der Waals surface area contributed by atoms with E-state index in [0.29, 0.717) is 0 Å². The average Bonchev–Trinajstić information content (AvgIpc) is 2.51. The first-order valence-corrected chi connectivity index (χ1v) is 8.45. The van der Waals surface area contributed by atoms with Crippen molar-refractivity contribution in [2.75, 3.05) is 0 Å². The van der Waals surface area contributed by atoms with Gasteiger partial charge in [0.15, 0.2) is 0 Å². The average molecular weight is 258 g/mol. The van der Waals surface area contributed by atoms with Gasteiger partial charge in [-0.1, -0.05) is 70.2 Å². The third-order valence-electron chi connectivity index (χ3n) is 4.76. The van der Waals surface area contributed by atoms with Crippen LogP contribution in [0, 0.1) is 0 Å². The number of fused-ring (bicyclic) bond motifs is 1. The highest BCUT2D eigenvalue weighted by atomic mass is 14.3. The van der Waals surface area contributed by atoms with Gasteiger partial charge >= 0.3 is 0 Å². The van der Waals surface area contributed by atoms with Crippen LogP contribution in [-0.4, -0.2) is 0 Å². The summed E-state index contributed by atoms with van der Waals surface area (Å²) in [6.07, 6.45) is 12.5. The summed E-state index contributed by atoms with van der Waals surface area (Å²) in [4.78, 5) is 0. The van der Waals surface area contributed by atoms with Crippen LogP contribution in [0.5, 0.6) is 0 Å². The van der Waals surface area contributed by atoms with Gasteiger partial charge in [-0.05, 0) is 48.6 Å². The topological polar surface area (TPSA) is 0 Å². The van der Waals surface area contributed by atoms with Crippen molar-refractivity contribution in [3.05, 3.63) is 35.4 Å². The second-order valence-electron chi connectivity index (χ2n) is 6.24. The molecule has 0 nitrogen and oxygen atoms in total. The molecular weight excluding hydrogens is 228 g/mol. The highest BCUT2D eigenvalue weighted by Crippen LogP contribution is 2.38. The van der Waals surface area contributed by atoms with Gasteiger partial charge in [-0.25, -0.2) is 0 Å². The zero-order valence-electron chi connectivity index (χ0n) is 12.8. The van der Waals surface area contributed by atoms with Crippen LogP contribution in [0.2, 0.25) is 0 Å². The lowest BCUT2D eigenvalue weighted by molar-refractivity contribution is 0.515. The van der Waals surface area contributed by atoms with Crippen LogP contribution in [0.15, 0.2) is 24.3 Å². The van der Waals surface area contributed by atoms with Crippen molar-refractivity contribution < 1.29 is 0 Å². The van der Waals surface area contributed by atoms with Gasteiger partial charge in [0, 0.05) is 0 Å². The summed E-state index contributed by atoms with van der Waals surface area (Å²) in [5.41, 5.74) is 3.37. The van der Waals surface area contributed by atoms with Gasteiger partial charge in [0.1, 0.15) is 0 Å². The van der Waals surface area contributed by atoms with Crippen molar-refractivity contribution in [1.29, 1.82) is 0 Å². The minimum absolute atomic E-state index is 0.818. The van der Waals surface area contributed by atoms with Crippen molar-refractivity contribution in [2.45, 2.75) is 83.5 Å². The molecule has 0 radical (unpaired) electrons. The summed E-state index contributed by atoms with van der Waals surface area (Å²) in [5.74, 6) is 1.64. The monoisotopic (exact) mass is 258 g/mol. The quantitative estimate of drug-likeness (QED) is 0.584. The first-order valence-electron chi connectivity index (χ1n) is 8.45. The summed E-state index contributed by atoms with van der Waals surface area (Å²) >= 11 is 0. The fourth-order valence-electron chi connectivity index (χ4n) is 3.82. The predicted octanol–water partition coefficient (Wildman–Crippen LogP) is 6.42. The summed E-state index contributed by atoms with van der Waals surface area (Å²) in [6, 6.07) is 9.35. The van der Waals surface area contributed by atoms with Crippen molar-refractivity contribution >= 4 is 0 Å². The molecule has 1 aliphatic rings. The van der Waals surface area contributed by atoms with Crippen LogP contribution in [0.4, 0.5) is 0 Å². The maximum atomic E-state index is 2.42. The highest BCUT2D eigenvalue weighted by Gasteiger charge is 2.21. The highest BCUT2D eigenvalue weighted by molar-refractivity contribution is 5.33. The molecule has 0 aromatic heterocycles. The molecule has 1 aromatic rings. The smallest absolute Gasteiger partial charge is 0.0159 e. The molecule has 2 rings (SSSR count). The number of hydrogen-bond donors (Lipinski definition) is 0. The normalized spacial score (nSPS) is 24.1. The van der Waals surface area contributed by atoms with Crippen molar-refractivity contribution in [3.63, 3.8) is 0 Å². The van der Waals surface area contributed by atoms with Gasteiger partial charge in [0.2, 0.25) is 0 Å². The largest absolute Gasteiger partial charge is 0.0654 e. The molecule has 1 aliphatic carbocycles. The standard InChI is InChI=1S/C19H30/c1-3-10-16-12-6-5-7-13-17(11-4-2)19-15-9-8-14-18(16)19/h8-9,14-17H,3-7,10-13H2,1-2H3. The molecule has 0 saturated heterocycles. The van der Waals surface area contributed by atoms with Crippen LogP contribution in [-0.2, 0) is 0 Å². The summed E-state index contributed by atoms with van der Waals surface area (Å²) in [7, 11) is 0. The maximum Gasteiger partial charge on any atom is -0.0159 e. The summed E-state index contributed by atoms with van der Waals surface area (Å²) < 4.78 is 0. The lowest BCUT2D eigenvalue weighted by atomic mass is 9.81. The van der Waals surface area contributed by atoms with Crippen LogP contribution < -0.4 is 0 Å². The molecule has 0 amide bonds. The Morgan fingerprint density at radius 2 is 1.26 bits per heavy atom. The van der Waals surface area contributed by atoms with Gasteiger partial charge in [-0.3, -0.25) is 0 Å². The zero-order valence-corrected chi connectivity index (χ0v) is 12.8. The van der Waals surface area contributed by atoms with Crippen molar-refractivity contribution in [1.82, 2.24) is 0 Å². The Morgan fingerprint density at radius 3 is 1.68 bits per heavy atom.